The lowest BCUT2D eigenvalue weighted by Crippen LogP contribution is -2.45. The van der Waals surface area contributed by atoms with Crippen molar-refractivity contribution in [1.29, 1.82) is 0 Å². The molecule has 1 unspecified atom stereocenters. The summed E-state index contributed by atoms with van der Waals surface area (Å²) in [5.41, 5.74) is 2.20. The lowest BCUT2D eigenvalue weighted by atomic mass is 10.6. The summed E-state index contributed by atoms with van der Waals surface area (Å²) in [7, 11) is 0. The van der Waals surface area contributed by atoms with Gasteiger partial charge in [0.05, 0.1) is 6.17 Å². The van der Waals surface area contributed by atoms with Gasteiger partial charge in [-0.3, -0.25) is 5.84 Å². The van der Waals surface area contributed by atoms with E-state index in [1.165, 1.54) is 0 Å². The Labute approximate surface area is 46.8 Å². The van der Waals surface area contributed by atoms with Gasteiger partial charge in [-0.2, -0.15) is 0 Å². The molecule has 5 nitrogen and oxygen atoms in total. The van der Waals surface area contributed by atoms with Gasteiger partial charge in [0, 0.05) is 0 Å². The lowest BCUT2D eigenvalue weighted by Gasteiger charge is -2.07. The Kier molecular flexibility index (Phi) is 2.90. The first kappa shape index (κ1) is 7.19. The minimum atomic E-state index is -1.09. The van der Waals surface area contributed by atoms with Gasteiger partial charge < -0.3 is 10.4 Å². The van der Waals surface area contributed by atoms with E-state index in [1.54, 1.807) is 6.92 Å². The highest BCUT2D eigenvalue weighted by Gasteiger charge is 1.98. The molecule has 0 spiro atoms. The summed E-state index contributed by atoms with van der Waals surface area (Å²) in [6.07, 6.45) is -1.48. The molecular weight excluding hydrogens is 110 g/mol. The van der Waals surface area contributed by atoms with Gasteiger partial charge in [-0.1, -0.05) is 0 Å². The molecule has 0 saturated heterocycles. The minimum absolute atomic E-state index is 0.396. The normalized spacial score (nSPS) is 12.8. The van der Waals surface area contributed by atoms with Gasteiger partial charge in [0.1, 0.15) is 0 Å². The molecule has 0 aliphatic heterocycles. The molecule has 1 atom stereocenters. The number of nitrogens with one attached hydrogen (secondary N) is 2. The number of nitrogens with two attached hydrogens (primary N) is 1. The van der Waals surface area contributed by atoms with E-state index >= 15 is 0 Å². The molecule has 0 aromatic heterocycles. The molecule has 5 heteroatoms. The van der Waals surface area contributed by atoms with Gasteiger partial charge in [-0.25, -0.2) is 10.2 Å². The third kappa shape index (κ3) is 3.38. The fraction of sp³-hybridized carbons (Fsp3) is 0.667. The Balaban J connectivity index is 3.24. The predicted octanol–water partition coefficient (Wildman–Crippen LogP) is -0.937. The average molecular weight is 119 g/mol. The second-order valence-corrected chi connectivity index (χ2v) is 1.34. The third-order valence-electron chi connectivity index (χ3n) is 0.590. The molecular formula is C3H9N3O2. The Bertz CT molecular complexity index is 84.6. The van der Waals surface area contributed by atoms with Crippen LogP contribution in [0.2, 0.25) is 0 Å². The van der Waals surface area contributed by atoms with E-state index in [-0.39, 0.29) is 0 Å². The fourth-order valence-electron chi connectivity index (χ4n) is 0.227. The van der Waals surface area contributed by atoms with Crippen molar-refractivity contribution in [2.75, 3.05) is 0 Å². The summed E-state index contributed by atoms with van der Waals surface area (Å²) in [6, 6.07) is 0. The molecule has 48 valence electrons. The fourth-order valence-corrected chi connectivity index (χ4v) is 0.227. The maximum Gasteiger partial charge on any atom is 0.405 e. The summed E-state index contributed by atoms with van der Waals surface area (Å²) in [5.74, 6) is 4.84. The molecule has 0 aromatic rings. The van der Waals surface area contributed by atoms with Crippen LogP contribution in [0.3, 0.4) is 0 Å². The van der Waals surface area contributed by atoms with E-state index in [4.69, 9.17) is 10.9 Å². The number of hydrogen-bond acceptors (Lipinski definition) is 3. The third-order valence-corrected chi connectivity index (χ3v) is 0.590. The number of amides is 1. The van der Waals surface area contributed by atoms with Crippen molar-refractivity contribution in [3.63, 3.8) is 0 Å². The topological polar surface area (TPSA) is 87.4 Å². The first-order valence-corrected chi connectivity index (χ1v) is 2.12. The van der Waals surface area contributed by atoms with E-state index in [2.05, 4.69) is 10.7 Å². The van der Waals surface area contributed by atoms with E-state index in [0.717, 1.165) is 0 Å². The van der Waals surface area contributed by atoms with E-state index in [9.17, 15) is 4.79 Å². The molecule has 5 N–H and O–H groups in total. The average Bonchev–Trinajstić information content (AvgIpc) is 1.65. The monoisotopic (exact) mass is 119 g/mol. The second kappa shape index (κ2) is 3.23. The summed E-state index contributed by atoms with van der Waals surface area (Å²) < 4.78 is 0. The zero-order chi connectivity index (χ0) is 6.57. The number of hydrazine groups is 1. The summed E-state index contributed by atoms with van der Waals surface area (Å²) >= 11 is 0. The molecule has 0 heterocycles. The van der Waals surface area contributed by atoms with Gasteiger partial charge >= 0.3 is 6.09 Å². The first-order chi connectivity index (χ1) is 3.66. The molecule has 0 aliphatic carbocycles. The van der Waals surface area contributed by atoms with E-state index in [1.807, 2.05) is 0 Å². The maximum atomic E-state index is 9.76. The number of carboxylic acid groups (broad SMARTS) is 1. The molecule has 0 fully saturated rings. The van der Waals surface area contributed by atoms with Crippen LogP contribution in [0.4, 0.5) is 4.79 Å². The van der Waals surface area contributed by atoms with Crippen LogP contribution in [0, 0.1) is 0 Å². The lowest BCUT2D eigenvalue weighted by molar-refractivity contribution is 0.188. The van der Waals surface area contributed by atoms with Crippen LogP contribution in [0.1, 0.15) is 6.92 Å². The van der Waals surface area contributed by atoms with Crippen molar-refractivity contribution in [3.05, 3.63) is 0 Å². The molecule has 8 heavy (non-hydrogen) atoms. The minimum Gasteiger partial charge on any atom is -0.465 e. The second-order valence-electron chi connectivity index (χ2n) is 1.34. The summed E-state index contributed by atoms with van der Waals surface area (Å²) in [6.45, 7) is 1.59. The van der Waals surface area contributed by atoms with Crippen molar-refractivity contribution >= 4 is 6.09 Å². The van der Waals surface area contributed by atoms with Gasteiger partial charge in [0.2, 0.25) is 0 Å². The van der Waals surface area contributed by atoms with Crippen LogP contribution in [0.15, 0.2) is 0 Å². The highest BCUT2D eigenvalue weighted by atomic mass is 16.4. The molecule has 0 radical (unpaired) electrons. The Morgan fingerprint density at radius 3 is 2.50 bits per heavy atom. The van der Waals surface area contributed by atoms with Crippen LogP contribution < -0.4 is 16.6 Å². The standard InChI is InChI=1S/C3H9N3O2/c1-2(6-4)5-3(7)8/h2,5-6H,4H2,1H3,(H,7,8). The van der Waals surface area contributed by atoms with Crippen LogP contribution in [0.25, 0.3) is 0 Å². The van der Waals surface area contributed by atoms with Gasteiger partial charge in [-0.05, 0) is 6.92 Å². The van der Waals surface area contributed by atoms with Crippen molar-refractivity contribution in [2.45, 2.75) is 13.1 Å². The van der Waals surface area contributed by atoms with Crippen molar-refractivity contribution in [3.8, 4) is 0 Å². The maximum absolute atomic E-state index is 9.76. The zero-order valence-corrected chi connectivity index (χ0v) is 4.51. The molecule has 0 rings (SSSR count). The van der Waals surface area contributed by atoms with Crippen molar-refractivity contribution in [2.24, 2.45) is 5.84 Å². The Hall–Kier alpha value is -0.810. The van der Waals surface area contributed by atoms with Crippen molar-refractivity contribution < 1.29 is 9.90 Å². The van der Waals surface area contributed by atoms with E-state index < -0.39 is 12.3 Å². The highest BCUT2D eigenvalue weighted by molar-refractivity contribution is 5.64. The smallest absolute Gasteiger partial charge is 0.405 e. The summed E-state index contributed by atoms with van der Waals surface area (Å²) in [5, 5.41) is 10.1. The SMILES string of the molecule is CC(NN)NC(=O)O. The first-order valence-electron chi connectivity index (χ1n) is 2.12. The molecule has 0 bridgehead atoms. The zero-order valence-electron chi connectivity index (χ0n) is 4.51. The molecule has 0 aromatic carbocycles. The number of rotatable bonds is 2. The van der Waals surface area contributed by atoms with E-state index in [0.29, 0.717) is 0 Å². The largest absolute Gasteiger partial charge is 0.465 e. The molecule has 0 aliphatic rings. The number of carbonyl (C=O) groups is 1. The van der Waals surface area contributed by atoms with Crippen LogP contribution in [-0.4, -0.2) is 17.4 Å². The quantitative estimate of drug-likeness (QED) is 0.215. The van der Waals surface area contributed by atoms with Gasteiger partial charge in [0.25, 0.3) is 0 Å². The summed E-state index contributed by atoms with van der Waals surface area (Å²) in [4.78, 5) is 9.76. The predicted molar refractivity (Wildman–Crippen MR) is 27.9 cm³/mol. The van der Waals surface area contributed by atoms with Crippen LogP contribution in [-0.2, 0) is 0 Å². The van der Waals surface area contributed by atoms with Gasteiger partial charge in [0.15, 0.2) is 0 Å². The Morgan fingerprint density at radius 2 is 2.38 bits per heavy atom. The highest BCUT2D eigenvalue weighted by Crippen LogP contribution is 1.67. The molecule has 0 saturated carbocycles. The number of hydrogen-bond donors (Lipinski definition) is 4. The Morgan fingerprint density at radius 1 is 1.88 bits per heavy atom. The van der Waals surface area contributed by atoms with Crippen LogP contribution in [0.5, 0.6) is 0 Å². The van der Waals surface area contributed by atoms with Gasteiger partial charge in [-0.15, -0.1) is 0 Å². The van der Waals surface area contributed by atoms with Crippen LogP contribution >= 0.6 is 0 Å². The molecule has 1 amide bonds. The van der Waals surface area contributed by atoms with Crippen molar-refractivity contribution in [1.82, 2.24) is 10.7 Å².